The summed E-state index contributed by atoms with van der Waals surface area (Å²) in [5.74, 6) is -0.445. The first-order chi connectivity index (χ1) is 11.0. The van der Waals surface area contributed by atoms with Crippen LogP contribution < -0.4 is 10.6 Å². The molecule has 1 aliphatic heterocycles. The predicted molar refractivity (Wildman–Crippen MR) is 93.1 cm³/mol. The number of carbonyl (C=O) groups is 2. The Labute approximate surface area is 144 Å². The van der Waals surface area contributed by atoms with Crippen LogP contribution in [0.3, 0.4) is 0 Å². The second kappa shape index (κ2) is 8.33. The molecular weight excluding hydrogens is 338 g/mol. The Hall–Kier alpha value is -1.57. The number of aryl methyl sites for hydroxylation is 1. The fraction of sp³-hybridized carbons (Fsp3) is 0.400. The third-order valence-electron chi connectivity index (χ3n) is 3.15. The number of nitrogens with one attached hydrogen (secondary N) is 2. The van der Waals surface area contributed by atoms with E-state index < -0.39 is 5.25 Å². The second-order valence-corrected chi connectivity index (χ2v) is 6.59. The Morgan fingerprint density at radius 3 is 3.00 bits per heavy atom. The molecule has 8 heteroatoms. The van der Waals surface area contributed by atoms with Crippen LogP contribution in [0.25, 0.3) is 0 Å². The first kappa shape index (κ1) is 17.8. The number of anilines is 1. The third kappa shape index (κ3) is 5.23. The highest BCUT2D eigenvalue weighted by Crippen LogP contribution is 2.24. The van der Waals surface area contributed by atoms with Gasteiger partial charge in [0.15, 0.2) is 5.17 Å². The van der Waals surface area contributed by atoms with Gasteiger partial charge in [-0.3, -0.25) is 14.6 Å². The van der Waals surface area contributed by atoms with E-state index in [1.807, 2.05) is 13.0 Å². The lowest BCUT2D eigenvalue weighted by molar-refractivity contribution is -0.122. The number of hydrogen-bond donors (Lipinski definition) is 2. The molecule has 0 radical (unpaired) electrons. The van der Waals surface area contributed by atoms with Gasteiger partial charge >= 0.3 is 0 Å². The molecule has 1 saturated heterocycles. The van der Waals surface area contributed by atoms with Crippen LogP contribution in [0.2, 0.25) is 5.02 Å². The number of methoxy groups -OCH3 is 1. The first-order valence-corrected chi connectivity index (χ1v) is 8.32. The van der Waals surface area contributed by atoms with Crippen LogP contribution in [0.15, 0.2) is 23.2 Å². The molecule has 2 amide bonds. The van der Waals surface area contributed by atoms with Crippen molar-refractivity contribution in [2.75, 3.05) is 25.6 Å². The van der Waals surface area contributed by atoms with Gasteiger partial charge in [0.25, 0.3) is 0 Å². The van der Waals surface area contributed by atoms with Crippen molar-refractivity contribution in [1.29, 1.82) is 0 Å². The molecule has 1 unspecified atom stereocenters. The van der Waals surface area contributed by atoms with E-state index in [2.05, 4.69) is 15.6 Å². The topological polar surface area (TPSA) is 79.8 Å². The summed E-state index contributed by atoms with van der Waals surface area (Å²) < 4.78 is 4.90. The lowest BCUT2D eigenvalue weighted by Gasteiger charge is -2.08. The van der Waals surface area contributed by atoms with Crippen LogP contribution in [0.5, 0.6) is 0 Å². The van der Waals surface area contributed by atoms with Gasteiger partial charge in [0, 0.05) is 24.2 Å². The Balaban J connectivity index is 1.88. The fourth-order valence-corrected chi connectivity index (χ4v) is 3.08. The van der Waals surface area contributed by atoms with Gasteiger partial charge in [-0.25, -0.2) is 0 Å². The summed E-state index contributed by atoms with van der Waals surface area (Å²) in [5, 5.41) is 6.06. The van der Waals surface area contributed by atoms with E-state index in [0.717, 1.165) is 5.56 Å². The van der Waals surface area contributed by atoms with Gasteiger partial charge in [-0.05, 0) is 24.6 Å². The zero-order valence-corrected chi connectivity index (χ0v) is 14.5. The number of amides is 2. The van der Waals surface area contributed by atoms with Gasteiger partial charge in [-0.15, -0.1) is 0 Å². The zero-order valence-electron chi connectivity index (χ0n) is 12.9. The van der Waals surface area contributed by atoms with Gasteiger partial charge in [0.05, 0.1) is 13.2 Å². The van der Waals surface area contributed by atoms with E-state index in [9.17, 15) is 9.59 Å². The molecule has 0 spiro atoms. The van der Waals surface area contributed by atoms with Gasteiger partial charge in [0.2, 0.25) is 11.8 Å². The smallest absolute Gasteiger partial charge is 0.240 e. The number of thioether (sulfide) groups is 1. The molecule has 2 N–H and O–H groups in total. The van der Waals surface area contributed by atoms with E-state index in [0.29, 0.717) is 29.0 Å². The van der Waals surface area contributed by atoms with Crippen molar-refractivity contribution in [3.8, 4) is 0 Å². The first-order valence-electron chi connectivity index (χ1n) is 7.06. The van der Waals surface area contributed by atoms with E-state index in [1.54, 1.807) is 19.2 Å². The molecule has 6 nitrogen and oxygen atoms in total. The largest absolute Gasteiger partial charge is 0.383 e. The average molecular weight is 356 g/mol. The van der Waals surface area contributed by atoms with Gasteiger partial charge in [0.1, 0.15) is 5.25 Å². The maximum Gasteiger partial charge on any atom is 0.240 e. The minimum atomic E-state index is -0.475. The maximum absolute atomic E-state index is 12.1. The number of halogens is 1. The van der Waals surface area contributed by atoms with Crippen molar-refractivity contribution in [2.24, 2.45) is 4.99 Å². The third-order valence-corrected chi connectivity index (χ3v) is 4.68. The van der Waals surface area contributed by atoms with Crippen molar-refractivity contribution >= 4 is 46.0 Å². The number of amidine groups is 1. The average Bonchev–Trinajstić information content (AvgIpc) is 2.83. The van der Waals surface area contributed by atoms with E-state index in [-0.39, 0.29) is 18.2 Å². The Kier molecular flexibility index (Phi) is 6.44. The molecule has 2 rings (SSSR count). The Morgan fingerprint density at radius 1 is 1.52 bits per heavy atom. The van der Waals surface area contributed by atoms with Gasteiger partial charge in [-0.1, -0.05) is 29.4 Å². The number of hydrogen-bond acceptors (Lipinski definition) is 5. The summed E-state index contributed by atoms with van der Waals surface area (Å²) in [6.45, 7) is 2.84. The molecule has 1 aromatic carbocycles. The maximum atomic E-state index is 12.1. The molecule has 0 saturated carbocycles. The number of aliphatic imine (C=N–C) groups is 1. The van der Waals surface area contributed by atoms with E-state index >= 15 is 0 Å². The summed E-state index contributed by atoms with van der Waals surface area (Å²) in [7, 11) is 1.59. The van der Waals surface area contributed by atoms with Crippen molar-refractivity contribution in [1.82, 2.24) is 5.32 Å². The van der Waals surface area contributed by atoms with Crippen molar-refractivity contribution in [2.45, 2.75) is 18.6 Å². The molecule has 0 bridgehead atoms. The molecule has 1 aliphatic rings. The standard InChI is InChI=1S/C15H18ClN3O3S/c1-9-3-4-10(7-11(9)16)18-13(20)8-12-14(21)19-15(23-12)17-5-6-22-2/h3-4,7,12H,5-6,8H2,1-2H3,(H,18,20)(H,17,19,21). The Bertz CT molecular complexity index is 636. The van der Waals surface area contributed by atoms with Crippen LogP contribution in [-0.4, -0.2) is 42.5 Å². The zero-order chi connectivity index (χ0) is 16.8. The summed E-state index contributed by atoms with van der Waals surface area (Å²) in [6.07, 6.45) is 0.0747. The number of carbonyl (C=O) groups excluding carboxylic acids is 2. The number of nitrogens with zero attached hydrogens (tertiary/aromatic N) is 1. The highest BCUT2D eigenvalue weighted by Gasteiger charge is 2.31. The molecule has 0 aliphatic carbocycles. The predicted octanol–water partition coefficient (Wildman–Crippen LogP) is 2.21. The number of benzene rings is 1. The quantitative estimate of drug-likeness (QED) is 0.767. The number of ether oxygens (including phenoxy) is 1. The van der Waals surface area contributed by atoms with Crippen molar-refractivity contribution in [3.05, 3.63) is 28.8 Å². The van der Waals surface area contributed by atoms with Crippen LogP contribution in [0.4, 0.5) is 5.69 Å². The minimum Gasteiger partial charge on any atom is -0.383 e. The van der Waals surface area contributed by atoms with E-state index in [4.69, 9.17) is 16.3 Å². The van der Waals surface area contributed by atoms with Gasteiger partial charge < -0.3 is 15.4 Å². The van der Waals surface area contributed by atoms with Crippen LogP contribution >= 0.6 is 23.4 Å². The summed E-state index contributed by atoms with van der Waals surface area (Å²) in [4.78, 5) is 28.1. The fourth-order valence-electron chi connectivity index (χ4n) is 1.90. The molecule has 1 heterocycles. The van der Waals surface area contributed by atoms with Crippen LogP contribution in [0, 0.1) is 6.92 Å². The number of rotatable bonds is 6. The lowest BCUT2D eigenvalue weighted by atomic mass is 10.2. The SMILES string of the molecule is COCCN=C1NC(=O)C(CC(=O)Nc2ccc(C)c(Cl)c2)S1. The molecule has 124 valence electrons. The summed E-state index contributed by atoms with van der Waals surface area (Å²) >= 11 is 7.29. The van der Waals surface area contributed by atoms with Crippen molar-refractivity contribution < 1.29 is 14.3 Å². The minimum absolute atomic E-state index is 0.0747. The molecular formula is C15H18ClN3O3S. The second-order valence-electron chi connectivity index (χ2n) is 4.99. The van der Waals surface area contributed by atoms with Crippen LogP contribution in [-0.2, 0) is 14.3 Å². The highest BCUT2D eigenvalue weighted by atomic mass is 35.5. The van der Waals surface area contributed by atoms with E-state index in [1.165, 1.54) is 11.8 Å². The van der Waals surface area contributed by atoms with Gasteiger partial charge in [-0.2, -0.15) is 0 Å². The summed E-state index contributed by atoms with van der Waals surface area (Å²) in [6, 6.07) is 5.29. The molecule has 1 atom stereocenters. The molecule has 23 heavy (non-hydrogen) atoms. The molecule has 0 aromatic heterocycles. The normalized spacial score (nSPS) is 19.0. The lowest BCUT2D eigenvalue weighted by Crippen LogP contribution is -2.28. The summed E-state index contributed by atoms with van der Waals surface area (Å²) in [5.41, 5.74) is 1.55. The van der Waals surface area contributed by atoms with Crippen LogP contribution in [0.1, 0.15) is 12.0 Å². The van der Waals surface area contributed by atoms with Crippen molar-refractivity contribution in [3.63, 3.8) is 0 Å². The molecule has 1 aromatic rings. The Morgan fingerprint density at radius 2 is 2.30 bits per heavy atom. The monoisotopic (exact) mass is 355 g/mol. The highest BCUT2D eigenvalue weighted by molar-refractivity contribution is 8.15. The molecule has 1 fully saturated rings.